The molecule has 0 fully saturated rings. The summed E-state index contributed by atoms with van der Waals surface area (Å²) in [6.07, 6.45) is 0. The Balaban J connectivity index is 3.04. The summed E-state index contributed by atoms with van der Waals surface area (Å²) in [5.41, 5.74) is 1.28. The molecular formula is C7H8IOP. The zero-order chi connectivity index (χ0) is 7.56. The summed E-state index contributed by atoms with van der Waals surface area (Å²) >= 11 is 2.28. The van der Waals surface area contributed by atoms with E-state index in [0.717, 1.165) is 5.75 Å². The fourth-order valence-corrected chi connectivity index (χ4v) is 1.28. The van der Waals surface area contributed by atoms with Crippen molar-refractivity contribution in [2.75, 3.05) is 0 Å². The van der Waals surface area contributed by atoms with Crippen LogP contribution < -0.4 is 4.52 Å². The van der Waals surface area contributed by atoms with Gasteiger partial charge in [0.1, 0.15) is 5.75 Å². The van der Waals surface area contributed by atoms with Gasteiger partial charge in [-0.3, -0.25) is 0 Å². The summed E-state index contributed by atoms with van der Waals surface area (Å²) in [6.45, 7) is 2.08. The predicted octanol–water partition coefficient (Wildman–Crippen LogP) is 2.77. The molecule has 10 heavy (non-hydrogen) atoms. The monoisotopic (exact) mass is 266 g/mol. The topological polar surface area (TPSA) is 9.23 Å². The molecule has 0 heterocycles. The lowest BCUT2D eigenvalue weighted by Gasteiger charge is -2.00. The van der Waals surface area contributed by atoms with Gasteiger partial charge in [0.2, 0.25) is 0 Å². The second kappa shape index (κ2) is 3.54. The molecule has 0 aliphatic heterocycles. The first-order valence-electron chi connectivity index (χ1n) is 2.87. The molecule has 0 amide bonds. The van der Waals surface area contributed by atoms with Gasteiger partial charge in [0.05, 0.1) is 9.47 Å². The largest absolute Gasteiger partial charge is 0.480 e. The molecule has 0 bridgehead atoms. The van der Waals surface area contributed by atoms with E-state index < -0.39 is 0 Å². The molecule has 1 atom stereocenters. The SMILES string of the molecule is Cc1ccc(OP)cc1I. The van der Waals surface area contributed by atoms with Gasteiger partial charge < -0.3 is 4.52 Å². The zero-order valence-electron chi connectivity index (χ0n) is 5.60. The minimum atomic E-state index is 0.889. The van der Waals surface area contributed by atoms with Crippen molar-refractivity contribution in [2.24, 2.45) is 0 Å². The maximum Gasteiger partial charge on any atom is 0.123 e. The molecule has 0 aliphatic carbocycles. The summed E-state index contributed by atoms with van der Waals surface area (Å²) in [5, 5.41) is 0. The maximum atomic E-state index is 4.96. The lowest BCUT2D eigenvalue weighted by molar-refractivity contribution is 0.645. The normalized spacial score (nSPS) is 9.50. The van der Waals surface area contributed by atoms with Gasteiger partial charge >= 0.3 is 0 Å². The van der Waals surface area contributed by atoms with Crippen molar-refractivity contribution < 1.29 is 4.52 Å². The molecule has 3 heteroatoms. The number of rotatable bonds is 1. The van der Waals surface area contributed by atoms with Crippen LogP contribution in [0.3, 0.4) is 0 Å². The van der Waals surface area contributed by atoms with E-state index in [-0.39, 0.29) is 0 Å². The lowest BCUT2D eigenvalue weighted by Crippen LogP contribution is -1.80. The molecule has 0 saturated carbocycles. The standard InChI is InChI=1S/C7H8IOP/c1-5-2-3-6(9-10)4-7(5)8/h2-4H,10H2,1H3. The van der Waals surface area contributed by atoms with E-state index in [0.29, 0.717) is 0 Å². The Kier molecular flexibility index (Phi) is 2.93. The van der Waals surface area contributed by atoms with Crippen LogP contribution in [0.15, 0.2) is 18.2 Å². The number of halogens is 1. The molecule has 1 aromatic carbocycles. The minimum Gasteiger partial charge on any atom is -0.480 e. The van der Waals surface area contributed by atoms with Crippen LogP contribution in [-0.4, -0.2) is 0 Å². The van der Waals surface area contributed by atoms with Gasteiger partial charge in [-0.15, -0.1) is 0 Å². The van der Waals surface area contributed by atoms with Crippen LogP contribution in [0.5, 0.6) is 5.75 Å². The molecule has 0 N–H and O–H groups in total. The molecule has 54 valence electrons. The van der Waals surface area contributed by atoms with E-state index in [1.807, 2.05) is 18.2 Å². The number of aryl methyl sites for hydroxylation is 1. The molecule has 1 unspecified atom stereocenters. The van der Waals surface area contributed by atoms with Crippen LogP contribution in [0.2, 0.25) is 0 Å². The van der Waals surface area contributed by atoms with Gasteiger partial charge in [-0.25, -0.2) is 0 Å². The van der Waals surface area contributed by atoms with E-state index in [9.17, 15) is 0 Å². The highest BCUT2D eigenvalue weighted by Crippen LogP contribution is 2.19. The van der Waals surface area contributed by atoms with Crippen molar-refractivity contribution in [2.45, 2.75) is 6.92 Å². The second-order valence-corrected chi connectivity index (χ2v) is 3.43. The van der Waals surface area contributed by atoms with Gasteiger partial charge in [0, 0.05) is 3.57 Å². The Morgan fingerprint density at radius 3 is 2.70 bits per heavy atom. The highest BCUT2D eigenvalue weighted by molar-refractivity contribution is 14.1. The van der Waals surface area contributed by atoms with Crippen molar-refractivity contribution in [3.05, 3.63) is 27.3 Å². The molecule has 1 nitrogen and oxygen atoms in total. The van der Waals surface area contributed by atoms with E-state index in [1.165, 1.54) is 9.13 Å². The van der Waals surface area contributed by atoms with Crippen molar-refractivity contribution >= 4 is 32.1 Å². The number of hydrogen-bond donors (Lipinski definition) is 0. The van der Waals surface area contributed by atoms with Gasteiger partial charge in [0.15, 0.2) is 0 Å². The summed E-state index contributed by atoms with van der Waals surface area (Å²) < 4.78 is 6.20. The summed E-state index contributed by atoms with van der Waals surface area (Å²) in [6, 6.07) is 5.99. The van der Waals surface area contributed by atoms with Crippen LogP contribution in [-0.2, 0) is 0 Å². The Morgan fingerprint density at radius 1 is 1.50 bits per heavy atom. The Labute approximate surface area is 76.6 Å². The smallest absolute Gasteiger partial charge is 0.123 e. The fourth-order valence-electron chi connectivity index (χ4n) is 0.647. The number of benzene rings is 1. The van der Waals surface area contributed by atoms with Crippen molar-refractivity contribution in [1.82, 2.24) is 0 Å². The summed E-state index contributed by atoms with van der Waals surface area (Å²) in [7, 11) is 2.23. The van der Waals surface area contributed by atoms with Crippen LogP contribution in [0.25, 0.3) is 0 Å². The quantitative estimate of drug-likeness (QED) is 0.561. The van der Waals surface area contributed by atoms with Crippen molar-refractivity contribution in [3.63, 3.8) is 0 Å². The van der Waals surface area contributed by atoms with Gasteiger partial charge in [-0.1, -0.05) is 6.07 Å². The first-order chi connectivity index (χ1) is 4.74. The predicted molar refractivity (Wildman–Crippen MR) is 54.2 cm³/mol. The highest BCUT2D eigenvalue weighted by Gasteiger charge is 1.94. The Bertz CT molecular complexity index is 237. The lowest BCUT2D eigenvalue weighted by atomic mass is 10.2. The van der Waals surface area contributed by atoms with Gasteiger partial charge in [-0.2, -0.15) is 0 Å². The molecule has 0 aromatic heterocycles. The van der Waals surface area contributed by atoms with E-state index in [2.05, 4.69) is 39.0 Å². The Hall–Kier alpha value is 0.180. The minimum absolute atomic E-state index is 0.889. The van der Waals surface area contributed by atoms with Gasteiger partial charge in [-0.05, 0) is 47.2 Å². The molecule has 1 aromatic rings. The fraction of sp³-hybridized carbons (Fsp3) is 0.143. The maximum absolute atomic E-state index is 4.96. The van der Waals surface area contributed by atoms with E-state index >= 15 is 0 Å². The van der Waals surface area contributed by atoms with Crippen molar-refractivity contribution in [3.8, 4) is 5.75 Å². The molecule has 0 aliphatic rings. The highest BCUT2D eigenvalue weighted by atomic mass is 127. The van der Waals surface area contributed by atoms with Crippen LogP contribution in [0.1, 0.15) is 5.56 Å². The first-order valence-corrected chi connectivity index (χ1v) is 4.42. The zero-order valence-corrected chi connectivity index (χ0v) is 8.91. The summed E-state index contributed by atoms with van der Waals surface area (Å²) in [4.78, 5) is 0. The average molecular weight is 266 g/mol. The molecule has 0 spiro atoms. The van der Waals surface area contributed by atoms with E-state index in [4.69, 9.17) is 4.52 Å². The molecule has 0 radical (unpaired) electrons. The Morgan fingerprint density at radius 2 is 2.20 bits per heavy atom. The molecule has 1 rings (SSSR count). The third kappa shape index (κ3) is 1.83. The van der Waals surface area contributed by atoms with Crippen molar-refractivity contribution in [1.29, 1.82) is 0 Å². The van der Waals surface area contributed by atoms with Gasteiger partial charge in [0.25, 0.3) is 0 Å². The second-order valence-electron chi connectivity index (χ2n) is 2.03. The molecular weight excluding hydrogens is 258 g/mol. The molecule has 0 saturated heterocycles. The third-order valence-electron chi connectivity index (χ3n) is 1.28. The summed E-state index contributed by atoms with van der Waals surface area (Å²) in [5.74, 6) is 0.889. The van der Waals surface area contributed by atoms with Crippen LogP contribution in [0.4, 0.5) is 0 Å². The van der Waals surface area contributed by atoms with E-state index in [1.54, 1.807) is 0 Å². The third-order valence-corrected chi connectivity index (χ3v) is 2.71. The number of hydrogen-bond acceptors (Lipinski definition) is 1. The first kappa shape index (κ1) is 8.28. The van der Waals surface area contributed by atoms with Crippen LogP contribution in [0, 0.1) is 10.5 Å². The average Bonchev–Trinajstić information content (AvgIpc) is 1.95. The van der Waals surface area contributed by atoms with Crippen LogP contribution >= 0.6 is 32.1 Å².